The number of nitrogens with one attached hydrogen (secondary N) is 2. The van der Waals surface area contributed by atoms with Crippen molar-refractivity contribution in [2.24, 2.45) is 0 Å². The van der Waals surface area contributed by atoms with Crippen LogP contribution in [0, 0.1) is 0 Å². The molecule has 0 atom stereocenters. The molecular formula is C25H21N3O5S. The van der Waals surface area contributed by atoms with E-state index >= 15 is 0 Å². The Kier molecular flexibility index (Phi) is 5.54. The quantitative estimate of drug-likeness (QED) is 0.452. The zero-order valence-corrected chi connectivity index (χ0v) is 18.8. The normalized spacial score (nSPS) is 14.8. The van der Waals surface area contributed by atoms with Gasteiger partial charge in [0, 0.05) is 23.1 Å². The smallest absolute Gasteiger partial charge is 0.261 e. The van der Waals surface area contributed by atoms with Crippen LogP contribution >= 0.6 is 0 Å². The number of H-pyrrole nitrogens is 1. The molecule has 1 aromatic heterocycles. The standard InChI is InChI=1S/C25H21N3O5S/c29-24(26-18-7-9-19(10-8-18)28-13-4-14-34(28,31)32)22-16-17-15-21(11-12-23(17)27-25(22)30)33-20-5-2-1-3-6-20/h1-3,5-12,15-16H,4,13-14H2,(H,26,29)(H,27,30). The Morgan fingerprint density at radius 3 is 2.41 bits per heavy atom. The number of carbonyl (C=O) groups excluding carboxylic acids is 1. The SMILES string of the molecule is O=C(Nc1ccc(N2CCCS2(=O)=O)cc1)c1cc2cc(Oc3ccccc3)ccc2[nH]c1=O. The topological polar surface area (TPSA) is 109 Å². The van der Waals surface area contributed by atoms with Gasteiger partial charge in [-0.1, -0.05) is 18.2 Å². The Labute approximate surface area is 195 Å². The van der Waals surface area contributed by atoms with Gasteiger partial charge < -0.3 is 15.0 Å². The van der Waals surface area contributed by atoms with Crippen molar-refractivity contribution >= 4 is 38.2 Å². The second-order valence-electron chi connectivity index (χ2n) is 7.92. The molecule has 0 saturated carbocycles. The first-order chi connectivity index (χ1) is 16.4. The number of nitrogens with zero attached hydrogens (tertiary/aromatic N) is 1. The first kappa shape index (κ1) is 21.7. The molecule has 9 heteroatoms. The number of anilines is 2. The molecule has 3 aromatic carbocycles. The van der Waals surface area contributed by atoms with Crippen molar-refractivity contribution in [3.63, 3.8) is 0 Å². The summed E-state index contributed by atoms with van der Waals surface area (Å²) in [5.74, 6) is 0.812. The van der Waals surface area contributed by atoms with Crippen molar-refractivity contribution in [3.05, 3.63) is 94.8 Å². The van der Waals surface area contributed by atoms with E-state index in [0.29, 0.717) is 46.7 Å². The fourth-order valence-corrected chi connectivity index (χ4v) is 5.45. The number of fused-ring (bicyclic) bond motifs is 1. The minimum Gasteiger partial charge on any atom is -0.457 e. The zero-order chi connectivity index (χ0) is 23.7. The molecule has 0 aliphatic carbocycles. The van der Waals surface area contributed by atoms with Crippen molar-refractivity contribution in [3.8, 4) is 11.5 Å². The molecule has 1 amide bonds. The second kappa shape index (κ2) is 8.68. The Hall–Kier alpha value is -4.11. The number of hydrogen-bond acceptors (Lipinski definition) is 5. The van der Waals surface area contributed by atoms with Gasteiger partial charge in [-0.2, -0.15) is 0 Å². The summed E-state index contributed by atoms with van der Waals surface area (Å²) in [6, 6.07) is 22.5. The van der Waals surface area contributed by atoms with Crippen molar-refractivity contribution < 1.29 is 17.9 Å². The summed E-state index contributed by atoms with van der Waals surface area (Å²) in [4.78, 5) is 28.1. The molecule has 0 spiro atoms. The molecule has 4 aromatic rings. The molecule has 1 saturated heterocycles. The molecule has 34 heavy (non-hydrogen) atoms. The third-order valence-corrected chi connectivity index (χ3v) is 7.42. The van der Waals surface area contributed by atoms with Crippen LogP contribution in [0.15, 0.2) is 83.7 Å². The lowest BCUT2D eigenvalue weighted by Crippen LogP contribution is -2.25. The van der Waals surface area contributed by atoms with E-state index in [2.05, 4.69) is 10.3 Å². The number of hydrogen-bond donors (Lipinski definition) is 2. The number of amides is 1. The van der Waals surface area contributed by atoms with Gasteiger partial charge in [-0.3, -0.25) is 13.9 Å². The van der Waals surface area contributed by atoms with Crippen LogP contribution in [-0.2, 0) is 10.0 Å². The predicted molar refractivity (Wildman–Crippen MR) is 131 cm³/mol. The van der Waals surface area contributed by atoms with Crippen LogP contribution in [0.5, 0.6) is 11.5 Å². The van der Waals surface area contributed by atoms with E-state index < -0.39 is 21.5 Å². The zero-order valence-electron chi connectivity index (χ0n) is 18.0. The highest BCUT2D eigenvalue weighted by atomic mass is 32.2. The Morgan fingerprint density at radius 2 is 1.71 bits per heavy atom. The lowest BCUT2D eigenvalue weighted by atomic mass is 10.1. The van der Waals surface area contributed by atoms with Gasteiger partial charge in [0.2, 0.25) is 10.0 Å². The van der Waals surface area contributed by atoms with Crippen LogP contribution in [0.25, 0.3) is 10.9 Å². The summed E-state index contributed by atoms with van der Waals surface area (Å²) >= 11 is 0. The van der Waals surface area contributed by atoms with E-state index in [-0.39, 0.29) is 11.3 Å². The number of rotatable bonds is 5. The van der Waals surface area contributed by atoms with Gasteiger partial charge in [0.25, 0.3) is 11.5 Å². The van der Waals surface area contributed by atoms with Crippen molar-refractivity contribution in [2.75, 3.05) is 21.9 Å². The lowest BCUT2D eigenvalue weighted by molar-refractivity contribution is 0.102. The predicted octanol–water partition coefficient (Wildman–Crippen LogP) is 4.11. The summed E-state index contributed by atoms with van der Waals surface area (Å²) in [6.07, 6.45) is 0.587. The van der Waals surface area contributed by atoms with E-state index in [4.69, 9.17) is 4.74 Å². The Morgan fingerprint density at radius 1 is 0.941 bits per heavy atom. The average molecular weight is 476 g/mol. The highest BCUT2D eigenvalue weighted by molar-refractivity contribution is 7.93. The van der Waals surface area contributed by atoms with Crippen molar-refractivity contribution in [1.82, 2.24) is 4.98 Å². The molecule has 0 radical (unpaired) electrons. The third kappa shape index (κ3) is 4.38. The first-order valence-electron chi connectivity index (χ1n) is 10.7. The Balaban J connectivity index is 1.37. The highest BCUT2D eigenvalue weighted by Gasteiger charge is 2.28. The van der Waals surface area contributed by atoms with Crippen LogP contribution in [0.4, 0.5) is 11.4 Å². The van der Waals surface area contributed by atoms with E-state index in [0.717, 1.165) is 0 Å². The highest BCUT2D eigenvalue weighted by Crippen LogP contribution is 2.26. The molecule has 1 aliphatic rings. The summed E-state index contributed by atoms with van der Waals surface area (Å²) < 4.78 is 31.4. The molecule has 0 unspecified atom stereocenters. The molecule has 2 heterocycles. The molecule has 8 nitrogen and oxygen atoms in total. The average Bonchev–Trinajstić information content (AvgIpc) is 3.19. The monoisotopic (exact) mass is 475 g/mol. The van der Waals surface area contributed by atoms with Crippen molar-refractivity contribution in [2.45, 2.75) is 6.42 Å². The largest absolute Gasteiger partial charge is 0.457 e. The van der Waals surface area contributed by atoms with E-state index in [1.807, 2.05) is 30.3 Å². The Bertz CT molecular complexity index is 1530. The van der Waals surface area contributed by atoms with Crippen LogP contribution in [0.2, 0.25) is 0 Å². The van der Waals surface area contributed by atoms with E-state index in [1.54, 1.807) is 42.5 Å². The molecule has 1 aliphatic heterocycles. The maximum atomic E-state index is 12.8. The number of carbonyl (C=O) groups is 1. The number of aromatic nitrogens is 1. The number of ether oxygens (including phenoxy) is 1. The van der Waals surface area contributed by atoms with Crippen LogP contribution in [-0.4, -0.2) is 31.6 Å². The van der Waals surface area contributed by atoms with Gasteiger partial charge in [-0.25, -0.2) is 8.42 Å². The molecule has 2 N–H and O–H groups in total. The molecule has 0 bridgehead atoms. The van der Waals surface area contributed by atoms with Gasteiger partial charge in [-0.15, -0.1) is 0 Å². The van der Waals surface area contributed by atoms with Gasteiger partial charge in [0.15, 0.2) is 0 Å². The van der Waals surface area contributed by atoms with Gasteiger partial charge >= 0.3 is 0 Å². The molecule has 5 rings (SSSR count). The number of para-hydroxylation sites is 1. The van der Waals surface area contributed by atoms with Gasteiger partial charge in [-0.05, 0) is 67.1 Å². The number of benzene rings is 3. The summed E-state index contributed by atoms with van der Waals surface area (Å²) in [5.41, 5.74) is 1.02. The minimum absolute atomic E-state index is 0.0458. The maximum absolute atomic E-state index is 12.8. The second-order valence-corrected chi connectivity index (χ2v) is 9.93. The van der Waals surface area contributed by atoms with Gasteiger partial charge in [0.1, 0.15) is 17.1 Å². The molecule has 1 fully saturated rings. The summed E-state index contributed by atoms with van der Waals surface area (Å²) in [6.45, 7) is 0.441. The molecular weight excluding hydrogens is 454 g/mol. The minimum atomic E-state index is -3.28. The number of sulfonamides is 1. The van der Waals surface area contributed by atoms with Crippen LogP contribution in [0.3, 0.4) is 0 Å². The van der Waals surface area contributed by atoms with Crippen LogP contribution < -0.4 is 19.9 Å². The van der Waals surface area contributed by atoms with E-state index in [9.17, 15) is 18.0 Å². The fraction of sp³-hybridized carbons (Fsp3) is 0.120. The lowest BCUT2D eigenvalue weighted by Gasteiger charge is -2.17. The van der Waals surface area contributed by atoms with Crippen LogP contribution in [0.1, 0.15) is 16.8 Å². The maximum Gasteiger partial charge on any atom is 0.261 e. The van der Waals surface area contributed by atoms with E-state index in [1.165, 1.54) is 10.4 Å². The van der Waals surface area contributed by atoms with Crippen molar-refractivity contribution in [1.29, 1.82) is 0 Å². The third-order valence-electron chi connectivity index (χ3n) is 5.55. The summed E-state index contributed by atoms with van der Waals surface area (Å²) in [7, 11) is -3.28. The number of pyridine rings is 1. The first-order valence-corrected chi connectivity index (χ1v) is 12.3. The number of aromatic amines is 1. The fourth-order valence-electron chi connectivity index (χ4n) is 3.88. The molecule has 172 valence electrons. The van der Waals surface area contributed by atoms with Gasteiger partial charge in [0.05, 0.1) is 11.4 Å². The summed E-state index contributed by atoms with van der Waals surface area (Å²) in [5, 5.41) is 3.34.